The minimum atomic E-state index is -3.24. The first-order valence-corrected chi connectivity index (χ1v) is 9.20. The van der Waals surface area contributed by atoms with Gasteiger partial charge in [-0.1, -0.05) is 30.3 Å². The molecule has 1 amide bonds. The highest BCUT2D eigenvalue weighted by Crippen LogP contribution is 2.18. The van der Waals surface area contributed by atoms with Crippen LogP contribution in [0.4, 0.5) is 0 Å². The summed E-state index contributed by atoms with van der Waals surface area (Å²) in [5.74, 6) is -0.356. The van der Waals surface area contributed by atoms with Crippen LogP contribution in [0.5, 0.6) is 0 Å². The van der Waals surface area contributed by atoms with Crippen molar-refractivity contribution in [3.63, 3.8) is 0 Å². The number of carbonyl (C=O) groups is 1. The maximum Gasteiger partial charge on any atom is 0.249 e. The molecule has 0 unspecified atom stereocenters. The molecule has 0 spiro atoms. The molecule has 1 aliphatic rings. The zero-order valence-electron chi connectivity index (χ0n) is 12.8. The Hall–Kier alpha value is -1.15. The van der Waals surface area contributed by atoms with Gasteiger partial charge in [0.1, 0.15) is 6.10 Å². The molecule has 2 rings (SSSR count). The first kappa shape index (κ1) is 19.9. The number of nitrogens with two attached hydrogens (primary N) is 1. The van der Waals surface area contributed by atoms with Gasteiger partial charge in [-0.05, 0) is 18.4 Å². The fourth-order valence-electron chi connectivity index (χ4n) is 2.42. The molecule has 0 saturated carbocycles. The van der Waals surface area contributed by atoms with Gasteiger partial charge in [0.2, 0.25) is 5.91 Å². The second-order valence-corrected chi connectivity index (χ2v) is 7.61. The number of ether oxygens (including phenoxy) is 1. The van der Waals surface area contributed by atoms with Crippen molar-refractivity contribution < 1.29 is 17.9 Å². The topological polar surface area (TPSA) is 98.5 Å². The zero-order chi connectivity index (χ0) is 16.0. The van der Waals surface area contributed by atoms with Gasteiger partial charge in [-0.3, -0.25) is 4.79 Å². The van der Waals surface area contributed by atoms with Crippen molar-refractivity contribution in [2.75, 3.05) is 18.8 Å². The van der Waals surface area contributed by atoms with Crippen LogP contribution in [0.15, 0.2) is 30.3 Å². The van der Waals surface area contributed by atoms with Crippen LogP contribution < -0.4 is 11.1 Å². The first-order chi connectivity index (χ1) is 10.5. The summed E-state index contributed by atoms with van der Waals surface area (Å²) < 4.78 is 29.5. The van der Waals surface area contributed by atoms with E-state index >= 15 is 0 Å². The van der Waals surface area contributed by atoms with Gasteiger partial charge in [-0.2, -0.15) is 0 Å². The van der Waals surface area contributed by atoms with Gasteiger partial charge >= 0.3 is 0 Å². The minimum absolute atomic E-state index is 0. The quantitative estimate of drug-likeness (QED) is 0.741. The largest absolute Gasteiger partial charge is 0.364 e. The van der Waals surface area contributed by atoms with Crippen molar-refractivity contribution in [2.45, 2.75) is 30.8 Å². The summed E-state index contributed by atoms with van der Waals surface area (Å²) in [6, 6.07) is 8.99. The predicted octanol–water partition coefficient (Wildman–Crippen LogP) is 0.646. The van der Waals surface area contributed by atoms with E-state index in [1.165, 1.54) is 0 Å². The summed E-state index contributed by atoms with van der Waals surface area (Å²) in [4.78, 5) is 11.9. The van der Waals surface area contributed by atoms with E-state index in [9.17, 15) is 13.2 Å². The van der Waals surface area contributed by atoms with Crippen LogP contribution in [0.3, 0.4) is 0 Å². The van der Waals surface area contributed by atoms with Crippen LogP contribution in [-0.2, 0) is 25.1 Å². The van der Waals surface area contributed by atoms with Gasteiger partial charge in [-0.15, -0.1) is 12.4 Å². The Labute approximate surface area is 143 Å². The molecule has 0 bridgehead atoms. The Morgan fingerprint density at radius 3 is 2.57 bits per heavy atom. The summed E-state index contributed by atoms with van der Waals surface area (Å²) in [7, 11) is -3.24. The molecule has 8 heteroatoms. The van der Waals surface area contributed by atoms with Gasteiger partial charge in [-0.25, -0.2) is 8.42 Å². The smallest absolute Gasteiger partial charge is 0.249 e. The fraction of sp³-hybridized carbons (Fsp3) is 0.533. The molecule has 1 aromatic rings. The second-order valence-electron chi connectivity index (χ2n) is 5.43. The molecule has 1 fully saturated rings. The molecular weight excluding hydrogens is 340 g/mol. The molecule has 2 atom stereocenters. The van der Waals surface area contributed by atoms with Gasteiger partial charge in [0.25, 0.3) is 0 Å². The molecule has 1 saturated heterocycles. The standard InChI is InChI=1S/C15H22N2O4S.ClH/c16-10-13-6-7-14(21-13)15(18)17-8-9-22(19,20)11-12-4-2-1-3-5-12;/h1-5,13-14H,6-11,16H2,(H,17,18);1H/t13-,14+;/m1./s1. The van der Waals surface area contributed by atoms with Crippen LogP contribution in [-0.4, -0.2) is 45.4 Å². The number of rotatable bonds is 7. The molecule has 1 heterocycles. The molecule has 0 aliphatic carbocycles. The van der Waals surface area contributed by atoms with E-state index in [1.54, 1.807) is 24.3 Å². The highest BCUT2D eigenvalue weighted by atomic mass is 35.5. The molecule has 0 radical (unpaired) electrons. The normalized spacial score (nSPS) is 20.7. The lowest BCUT2D eigenvalue weighted by Crippen LogP contribution is -2.38. The lowest BCUT2D eigenvalue weighted by molar-refractivity contribution is -0.131. The molecule has 3 N–H and O–H groups in total. The Morgan fingerprint density at radius 2 is 1.96 bits per heavy atom. The van der Waals surface area contributed by atoms with E-state index in [0.29, 0.717) is 13.0 Å². The second kappa shape index (κ2) is 9.22. The Balaban J connectivity index is 0.00000264. The van der Waals surface area contributed by atoms with Crippen LogP contribution in [0, 0.1) is 0 Å². The van der Waals surface area contributed by atoms with Gasteiger partial charge in [0, 0.05) is 13.1 Å². The summed E-state index contributed by atoms with van der Waals surface area (Å²) in [5.41, 5.74) is 6.24. The number of sulfone groups is 1. The third kappa shape index (κ3) is 6.47. The fourth-order valence-corrected chi connectivity index (χ4v) is 3.67. The summed E-state index contributed by atoms with van der Waals surface area (Å²) in [5, 5.41) is 2.63. The molecule has 23 heavy (non-hydrogen) atoms. The lowest BCUT2D eigenvalue weighted by atomic mass is 10.2. The van der Waals surface area contributed by atoms with Crippen molar-refractivity contribution in [2.24, 2.45) is 5.73 Å². The van der Waals surface area contributed by atoms with E-state index in [4.69, 9.17) is 10.5 Å². The predicted molar refractivity (Wildman–Crippen MR) is 91.1 cm³/mol. The number of carbonyl (C=O) groups excluding carboxylic acids is 1. The van der Waals surface area contributed by atoms with Crippen molar-refractivity contribution in [3.8, 4) is 0 Å². The van der Waals surface area contributed by atoms with Crippen LogP contribution in [0.1, 0.15) is 18.4 Å². The van der Waals surface area contributed by atoms with Crippen LogP contribution >= 0.6 is 12.4 Å². The maximum absolute atomic E-state index is 12.0. The van der Waals surface area contributed by atoms with E-state index in [2.05, 4.69) is 5.32 Å². The number of hydrogen-bond donors (Lipinski definition) is 2. The first-order valence-electron chi connectivity index (χ1n) is 7.38. The van der Waals surface area contributed by atoms with Crippen molar-refractivity contribution in [3.05, 3.63) is 35.9 Å². The van der Waals surface area contributed by atoms with Crippen molar-refractivity contribution in [1.82, 2.24) is 5.32 Å². The van der Waals surface area contributed by atoms with Crippen molar-refractivity contribution >= 4 is 28.2 Å². The van der Waals surface area contributed by atoms with Crippen LogP contribution in [0.25, 0.3) is 0 Å². The average Bonchev–Trinajstić information content (AvgIpc) is 2.96. The van der Waals surface area contributed by atoms with E-state index in [-0.39, 0.29) is 42.5 Å². The summed E-state index contributed by atoms with van der Waals surface area (Å²) >= 11 is 0. The third-order valence-electron chi connectivity index (χ3n) is 3.60. The number of hydrogen-bond acceptors (Lipinski definition) is 5. The zero-order valence-corrected chi connectivity index (χ0v) is 14.4. The highest BCUT2D eigenvalue weighted by Gasteiger charge is 2.29. The van der Waals surface area contributed by atoms with Crippen LogP contribution in [0.2, 0.25) is 0 Å². The molecule has 130 valence electrons. The maximum atomic E-state index is 12.0. The molecule has 1 aromatic carbocycles. The lowest BCUT2D eigenvalue weighted by Gasteiger charge is -2.12. The molecule has 6 nitrogen and oxygen atoms in total. The Bertz CT molecular complexity index is 595. The van der Waals surface area contributed by atoms with Gasteiger partial charge in [0.05, 0.1) is 17.6 Å². The molecule has 0 aromatic heterocycles. The SMILES string of the molecule is Cl.NC[C@H]1CC[C@@H](C(=O)NCCS(=O)(=O)Cc2ccccc2)O1. The van der Waals surface area contributed by atoms with Gasteiger partial charge in [0.15, 0.2) is 9.84 Å². The third-order valence-corrected chi connectivity index (χ3v) is 5.20. The van der Waals surface area contributed by atoms with E-state index < -0.39 is 15.9 Å². The van der Waals surface area contributed by atoms with E-state index in [1.807, 2.05) is 6.07 Å². The number of benzene rings is 1. The summed E-state index contributed by atoms with van der Waals surface area (Å²) in [6.07, 6.45) is 0.814. The van der Waals surface area contributed by atoms with Crippen molar-refractivity contribution in [1.29, 1.82) is 0 Å². The average molecular weight is 363 g/mol. The van der Waals surface area contributed by atoms with E-state index in [0.717, 1.165) is 12.0 Å². The Morgan fingerprint density at radius 1 is 1.26 bits per heavy atom. The monoisotopic (exact) mass is 362 g/mol. The summed E-state index contributed by atoms with van der Waals surface area (Å²) in [6.45, 7) is 0.496. The van der Waals surface area contributed by atoms with Gasteiger partial charge < -0.3 is 15.8 Å². The Kier molecular flexibility index (Phi) is 7.98. The molecule has 1 aliphatic heterocycles. The highest BCUT2D eigenvalue weighted by molar-refractivity contribution is 7.90. The minimum Gasteiger partial charge on any atom is -0.364 e. The number of nitrogens with one attached hydrogen (secondary N) is 1. The number of amides is 1. The number of halogens is 1. The molecular formula is C15H23ClN2O4S.